The predicted molar refractivity (Wildman–Crippen MR) is 81.7 cm³/mol. The van der Waals surface area contributed by atoms with Gasteiger partial charge >= 0.3 is 11.9 Å². The van der Waals surface area contributed by atoms with E-state index in [1.54, 1.807) is 12.2 Å². The maximum absolute atomic E-state index is 10.1. The van der Waals surface area contributed by atoms with Gasteiger partial charge in [-0.2, -0.15) is 0 Å². The van der Waals surface area contributed by atoms with Crippen molar-refractivity contribution in [1.29, 1.82) is 0 Å². The van der Waals surface area contributed by atoms with Gasteiger partial charge in [0.1, 0.15) is 0 Å². The minimum absolute atomic E-state index is 0.851. The number of hydrogen-bond donors (Lipinski definition) is 2. The van der Waals surface area contributed by atoms with Gasteiger partial charge in [-0.25, -0.2) is 9.59 Å². The molecule has 0 fully saturated rings. The summed E-state index contributed by atoms with van der Waals surface area (Å²) < 4.78 is 0. The SMILES string of the molecule is O=C(O)/C=C/C1=CC=CC1.O=C(O)/C=C/c1ccccc1. The number of benzene rings is 1. The van der Waals surface area contributed by atoms with E-state index in [1.165, 1.54) is 0 Å². The fraction of sp³-hybridized carbons (Fsp3) is 0.0588. The number of carboxylic acids is 2. The summed E-state index contributed by atoms with van der Waals surface area (Å²) in [5.41, 5.74) is 1.94. The van der Waals surface area contributed by atoms with Gasteiger partial charge in [0.15, 0.2) is 0 Å². The summed E-state index contributed by atoms with van der Waals surface area (Å²) in [4.78, 5) is 20.1. The zero-order valence-corrected chi connectivity index (χ0v) is 11.3. The van der Waals surface area contributed by atoms with Crippen LogP contribution in [0.1, 0.15) is 12.0 Å². The number of allylic oxidation sites excluding steroid dienone is 5. The average Bonchev–Trinajstić information content (AvgIpc) is 2.98. The molecule has 0 bridgehead atoms. The van der Waals surface area contributed by atoms with Crippen LogP contribution in [-0.2, 0) is 9.59 Å². The fourth-order valence-corrected chi connectivity index (χ4v) is 1.50. The number of hydrogen-bond acceptors (Lipinski definition) is 2. The molecule has 4 heteroatoms. The van der Waals surface area contributed by atoms with Crippen LogP contribution in [0.25, 0.3) is 6.08 Å². The molecular weight excluding hydrogens is 268 g/mol. The zero-order chi connectivity index (χ0) is 15.5. The van der Waals surface area contributed by atoms with Crippen molar-refractivity contribution in [3.05, 3.63) is 77.9 Å². The molecule has 0 radical (unpaired) electrons. The summed E-state index contributed by atoms with van der Waals surface area (Å²) in [6.45, 7) is 0. The van der Waals surface area contributed by atoms with Crippen LogP contribution < -0.4 is 0 Å². The predicted octanol–water partition coefficient (Wildman–Crippen LogP) is 3.30. The quantitative estimate of drug-likeness (QED) is 0.832. The second-order valence-corrected chi connectivity index (χ2v) is 4.13. The molecule has 2 N–H and O–H groups in total. The third-order valence-corrected chi connectivity index (χ3v) is 2.46. The third kappa shape index (κ3) is 8.00. The van der Waals surface area contributed by atoms with Crippen molar-refractivity contribution in [1.82, 2.24) is 0 Å². The Morgan fingerprint density at radius 2 is 1.57 bits per heavy atom. The largest absolute Gasteiger partial charge is 0.478 e. The van der Waals surface area contributed by atoms with Gasteiger partial charge in [0.25, 0.3) is 0 Å². The maximum Gasteiger partial charge on any atom is 0.328 e. The Bertz CT molecular complexity index is 592. The van der Waals surface area contributed by atoms with Crippen LogP contribution in [0.4, 0.5) is 0 Å². The molecule has 1 aliphatic carbocycles. The van der Waals surface area contributed by atoms with Gasteiger partial charge in [-0.3, -0.25) is 0 Å². The van der Waals surface area contributed by atoms with Crippen LogP contribution >= 0.6 is 0 Å². The van der Waals surface area contributed by atoms with Crippen LogP contribution in [-0.4, -0.2) is 22.2 Å². The molecule has 0 atom stereocenters. The number of carbonyl (C=O) groups is 2. The highest BCUT2D eigenvalue weighted by atomic mass is 16.4. The Hall–Kier alpha value is -2.88. The standard InChI is InChI=1S/C9H8O2.C8H8O2/c10-9(11)7-6-8-4-2-1-3-5-8;9-8(10)6-5-7-3-1-2-4-7/h1-7H,(H,10,11);1-3,5-6H,4H2,(H,9,10)/b7-6+;6-5+. The molecule has 21 heavy (non-hydrogen) atoms. The Kier molecular flexibility index (Phi) is 7.00. The fourth-order valence-electron chi connectivity index (χ4n) is 1.50. The molecule has 0 unspecified atom stereocenters. The molecule has 4 nitrogen and oxygen atoms in total. The van der Waals surface area contributed by atoms with Gasteiger partial charge in [-0.15, -0.1) is 0 Å². The van der Waals surface area contributed by atoms with Crippen molar-refractivity contribution in [2.24, 2.45) is 0 Å². The van der Waals surface area contributed by atoms with Gasteiger partial charge in [-0.1, -0.05) is 54.6 Å². The lowest BCUT2D eigenvalue weighted by Crippen LogP contribution is -1.85. The van der Waals surface area contributed by atoms with Crippen LogP contribution in [0, 0.1) is 0 Å². The number of rotatable bonds is 4. The molecule has 1 aromatic carbocycles. The lowest BCUT2D eigenvalue weighted by Gasteiger charge is -1.87. The Morgan fingerprint density at radius 3 is 2.10 bits per heavy atom. The molecule has 0 saturated heterocycles. The molecule has 0 aliphatic heterocycles. The van der Waals surface area contributed by atoms with E-state index < -0.39 is 11.9 Å². The third-order valence-electron chi connectivity index (χ3n) is 2.46. The molecule has 1 aromatic rings. The van der Waals surface area contributed by atoms with Crippen molar-refractivity contribution in [3.63, 3.8) is 0 Å². The van der Waals surface area contributed by atoms with E-state index in [2.05, 4.69) is 0 Å². The highest BCUT2D eigenvalue weighted by Gasteiger charge is 1.94. The van der Waals surface area contributed by atoms with E-state index in [-0.39, 0.29) is 0 Å². The first-order chi connectivity index (χ1) is 10.1. The summed E-state index contributed by atoms with van der Waals surface area (Å²) in [7, 11) is 0. The van der Waals surface area contributed by atoms with E-state index in [0.717, 1.165) is 29.7 Å². The van der Waals surface area contributed by atoms with Crippen LogP contribution in [0.3, 0.4) is 0 Å². The highest BCUT2D eigenvalue weighted by Crippen LogP contribution is 2.10. The van der Waals surface area contributed by atoms with E-state index >= 15 is 0 Å². The minimum Gasteiger partial charge on any atom is -0.478 e. The van der Waals surface area contributed by atoms with Gasteiger partial charge in [0.2, 0.25) is 0 Å². The van der Waals surface area contributed by atoms with Gasteiger partial charge < -0.3 is 10.2 Å². The zero-order valence-electron chi connectivity index (χ0n) is 11.3. The van der Waals surface area contributed by atoms with E-state index in [0.29, 0.717) is 0 Å². The first kappa shape index (κ1) is 16.2. The van der Waals surface area contributed by atoms with Gasteiger partial charge in [-0.05, 0) is 23.6 Å². The maximum atomic E-state index is 10.1. The van der Waals surface area contributed by atoms with Gasteiger partial charge in [0, 0.05) is 12.2 Å². The first-order valence-corrected chi connectivity index (χ1v) is 6.30. The smallest absolute Gasteiger partial charge is 0.328 e. The lowest BCUT2D eigenvalue weighted by atomic mass is 10.2. The lowest BCUT2D eigenvalue weighted by molar-refractivity contribution is -0.132. The van der Waals surface area contributed by atoms with E-state index in [4.69, 9.17) is 10.2 Å². The molecule has 0 aromatic heterocycles. The molecule has 0 heterocycles. The first-order valence-electron chi connectivity index (χ1n) is 6.30. The summed E-state index contributed by atoms with van der Waals surface area (Å²) in [6, 6.07) is 9.31. The molecule has 1 aliphatic rings. The minimum atomic E-state index is -0.922. The average molecular weight is 284 g/mol. The van der Waals surface area contributed by atoms with E-state index in [9.17, 15) is 9.59 Å². The summed E-state index contributed by atoms with van der Waals surface area (Å²) in [5.74, 6) is -1.82. The molecule has 108 valence electrons. The molecule has 0 amide bonds. The van der Waals surface area contributed by atoms with Gasteiger partial charge in [0.05, 0.1) is 0 Å². The summed E-state index contributed by atoms with van der Waals surface area (Å²) in [5, 5.41) is 16.5. The topological polar surface area (TPSA) is 74.6 Å². The highest BCUT2D eigenvalue weighted by molar-refractivity contribution is 5.85. The Morgan fingerprint density at radius 1 is 0.952 bits per heavy atom. The van der Waals surface area contributed by atoms with Crippen molar-refractivity contribution < 1.29 is 19.8 Å². The summed E-state index contributed by atoms with van der Waals surface area (Å²) in [6.07, 6.45) is 12.1. The Labute approximate surface area is 123 Å². The molecule has 0 saturated carbocycles. The molecule has 0 spiro atoms. The second kappa shape index (κ2) is 9.09. The van der Waals surface area contributed by atoms with E-state index in [1.807, 2.05) is 48.6 Å². The normalized spacial score (nSPS) is 13.0. The van der Waals surface area contributed by atoms with Crippen molar-refractivity contribution in [3.8, 4) is 0 Å². The Balaban J connectivity index is 0.000000211. The second-order valence-electron chi connectivity index (χ2n) is 4.13. The van der Waals surface area contributed by atoms with Crippen molar-refractivity contribution in [2.75, 3.05) is 0 Å². The number of carboxylic acid groups (broad SMARTS) is 2. The van der Waals surface area contributed by atoms with Crippen molar-refractivity contribution in [2.45, 2.75) is 6.42 Å². The molecular formula is C17H16O4. The van der Waals surface area contributed by atoms with Crippen LogP contribution in [0.2, 0.25) is 0 Å². The number of aliphatic carboxylic acids is 2. The molecule has 2 rings (SSSR count). The van der Waals surface area contributed by atoms with Crippen LogP contribution in [0.15, 0.2) is 72.4 Å². The van der Waals surface area contributed by atoms with Crippen molar-refractivity contribution >= 4 is 18.0 Å². The summed E-state index contributed by atoms with van der Waals surface area (Å²) >= 11 is 0. The van der Waals surface area contributed by atoms with Crippen LogP contribution in [0.5, 0.6) is 0 Å². The monoisotopic (exact) mass is 284 g/mol.